The van der Waals surface area contributed by atoms with Crippen LogP contribution in [0.4, 0.5) is 4.39 Å². The molecule has 0 heterocycles. The van der Waals surface area contributed by atoms with Crippen LogP contribution in [0.25, 0.3) is 11.1 Å². The fourth-order valence-corrected chi connectivity index (χ4v) is 1.86. The lowest BCUT2D eigenvalue weighted by molar-refractivity contribution is 0.630. The topological polar surface area (TPSA) is 12.0 Å². The molecule has 88 valence electrons. The van der Waals surface area contributed by atoms with E-state index >= 15 is 0 Å². The predicted molar refractivity (Wildman–Crippen MR) is 69.6 cm³/mol. The number of halogens is 2. The fraction of sp³-hybridized carbons (Fsp3) is 0.143. The maximum Gasteiger partial charge on any atom is 0.131 e. The monoisotopic (exact) mass is 249 g/mol. The minimum atomic E-state index is -0.216. The SMILES string of the molecule is CNCc1ccc(F)c(-c2ccc(Cl)cc2)c1. The normalized spacial score (nSPS) is 10.5. The molecule has 1 nitrogen and oxygen atoms in total. The molecule has 0 fully saturated rings. The molecule has 0 aliphatic carbocycles. The highest BCUT2D eigenvalue weighted by Gasteiger charge is 2.06. The third-order valence-electron chi connectivity index (χ3n) is 2.57. The first-order valence-electron chi connectivity index (χ1n) is 5.39. The highest BCUT2D eigenvalue weighted by atomic mass is 35.5. The van der Waals surface area contributed by atoms with Gasteiger partial charge >= 0.3 is 0 Å². The van der Waals surface area contributed by atoms with Crippen molar-refractivity contribution in [1.82, 2.24) is 5.32 Å². The second-order valence-electron chi connectivity index (χ2n) is 3.85. The molecule has 2 aromatic carbocycles. The van der Waals surface area contributed by atoms with E-state index in [1.54, 1.807) is 18.2 Å². The van der Waals surface area contributed by atoms with Crippen LogP contribution in [0.15, 0.2) is 42.5 Å². The van der Waals surface area contributed by atoms with E-state index in [1.165, 1.54) is 6.07 Å². The number of benzene rings is 2. The zero-order valence-corrected chi connectivity index (χ0v) is 10.3. The van der Waals surface area contributed by atoms with E-state index in [0.717, 1.165) is 17.7 Å². The second-order valence-corrected chi connectivity index (χ2v) is 4.29. The summed E-state index contributed by atoms with van der Waals surface area (Å²) in [6.45, 7) is 0.723. The Labute approximate surface area is 105 Å². The highest BCUT2D eigenvalue weighted by molar-refractivity contribution is 6.30. The van der Waals surface area contributed by atoms with Crippen LogP contribution in [-0.4, -0.2) is 7.05 Å². The number of nitrogens with one attached hydrogen (secondary N) is 1. The standard InChI is InChI=1S/C14H13ClFN/c1-17-9-10-2-7-14(16)13(8-10)11-3-5-12(15)6-4-11/h2-8,17H,9H2,1H3. The summed E-state index contributed by atoms with van der Waals surface area (Å²) >= 11 is 5.82. The Morgan fingerprint density at radius 3 is 2.47 bits per heavy atom. The van der Waals surface area contributed by atoms with Crippen molar-refractivity contribution in [2.45, 2.75) is 6.54 Å². The van der Waals surface area contributed by atoms with Gasteiger partial charge < -0.3 is 5.32 Å². The van der Waals surface area contributed by atoms with Gasteiger partial charge in [0.05, 0.1) is 0 Å². The van der Waals surface area contributed by atoms with Gasteiger partial charge in [-0.15, -0.1) is 0 Å². The Morgan fingerprint density at radius 1 is 1.12 bits per heavy atom. The number of hydrogen-bond acceptors (Lipinski definition) is 1. The van der Waals surface area contributed by atoms with Gasteiger partial charge in [-0.1, -0.05) is 29.8 Å². The zero-order chi connectivity index (χ0) is 12.3. The van der Waals surface area contributed by atoms with Crippen molar-refractivity contribution in [2.24, 2.45) is 0 Å². The van der Waals surface area contributed by atoms with Crippen molar-refractivity contribution in [3.63, 3.8) is 0 Å². The molecule has 1 N–H and O–H groups in total. The van der Waals surface area contributed by atoms with E-state index in [-0.39, 0.29) is 5.82 Å². The number of rotatable bonds is 3. The highest BCUT2D eigenvalue weighted by Crippen LogP contribution is 2.25. The van der Waals surface area contributed by atoms with Gasteiger partial charge in [0.15, 0.2) is 0 Å². The molecule has 0 bridgehead atoms. The minimum Gasteiger partial charge on any atom is -0.316 e. The van der Waals surface area contributed by atoms with Crippen LogP contribution in [0.2, 0.25) is 5.02 Å². The summed E-state index contributed by atoms with van der Waals surface area (Å²) in [6.07, 6.45) is 0. The van der Waals surface area contributed by atoms with E-state index in [0.29, 0.717) is 10.6 Å². The summed E-state index contributed by atoms with van der Waals surface area (Å²) < 4.78 is 13.7. The van der Waals surface area contributed by atoms with Gasteiger partial charge in [-0.25, -0.2) is 4.39 Å². The third-order valence-corrected chi connectivity index (χ3v) is 2.82. The first-order valence-corrected chi connectivity index (χ1v) is 5.77. The fourth-order valence-electron chi connectivity index (χ4n) is 1.74. The smallest absolute Gasteiger partial charge is 0.131 e. The quantitative estimate of drug-likeness (QED) is 0.871. The van der Waals surface area contributed by atoms with Gasteiger partial charge in [0.25, 0.3) is 0 Å². The van der Waals surface area contributed by atoms with Crippen molar-refractivity contribution >= 4 is 11.6 Å². The molecule has 0 unspecified atom stereocenters. The van der Waals surface area contributed by atoms with E-state index in [1.807, 2.05) is 25.2 Å². The molecule has 0 spiro atoms. The van der Waals surface area contributed by atoms with Crippen molar-refractivity contribution in [2.75, 3.05) is 7.05 Å². The lowest BCUT2D eigenvalue weighted by Gasteiger charge is -2.07. The molecule has 0 saturated carbocycles. The van der Waals surface area contributed by atoms with Crippen LogP contribution < -0.4 is 5.32 Å². The van der Waals surface area contributed by atoms with Gasteiger partial charge in [-0.3, -0.25) is 0 Å². The molecule has 17 heavy (non-hydrogen) atoms. The molecule has 0 saturated heterocycles. The predicted octanol–water partition coefficient (Wildman–Crippen LogP) is 3.87. The summed E-state index contributed by atoms with van der Waals surface area (Å²) in [6, 6.07) is 12.3. The van der Waals surface area contributed by atoms with Gasteiger partial charge in [0, 0.05) is 17.1 Å². The Hall–Kier alpha value is -1.38. The molecule has 2 rings (SSSR count). The molecule has 2 aromatic rings. The molecule has 0 amide bonds. The average molecular weight is 250 g/mol. The molecule has 0 aromatic heterocycles. The third kappa shape index (κ3) is 2.84. The summed E-state index contributed by atoms with van der Waals surface area (Å²) in [4.78, 5) is 0. The lowest BCUT2D eigenvalue weighted by Crippen LogP contribution is -2.05. The minimum absolute atomic E-state index is 0.216. The van der Waals surface area contributed by atoms with Crippen LogP contribution in [0.1, 0.15) is 5.56 Å². The van der Waals surface area contributed by atoms with Crippen molar-refractivity contribution in [1.29, 1.82) is 0 Å². The van der Waals surface area contributed by atoms with Crippen LogP contribution in [0.3, 0.4) is 0 Å². The van der Waals surface area contributed by atoms with Crippen molar-refractivity contribution < 1.29 is 4.39 Å². The maximum absolute atomic E-state index is 13.7. The van der Waals surface area contributed by atoms with E-state index < -0.39 is 0 Å². The first-order chi connectivity index (χ1) is 8.20. The Kier molecular flexibility index (Phi) is 3.77. The molecule has 3 heteroatoms. The molecular weight excluding hydrogens is 237 g/mol. The molecule has 0 aliphatic heterocycles. The lowest BCUT2D eigenvalue weighted by atomic mass is 10.0. The van der Waals surface area contributed by atoms with Crippen LogP contribution >= 0.6 is 11.6 Å². The van der Waals surface area contributed by atoms with E-state index in [2.05, 4.69) is 5.32 Å². The summed E-state index contributed by atoms with van der Waals surface area (Å²) in [7, 11) is 1.87. The van der Waals surface area contributed by atoms with Gasteiger partial charge in [0.1, 0.15) is 5.82 Å². The summed E-state index contributed by atoms with van der Waals surface area (Å²) in [5.74, 6) is -0.216. The Morgan fingerprint density at radius 2 is 1.82 bits per heavy atom. The second kappa shape index (κ2) is 5.30. The van der Waals surface area contributed by atoms with Crippen molar-refractivity contribution in [3.05, 3.63) is 58.9 Å². The molecular formula is C14H13ClFN. The largest absolute Gasteiger partial charge is 0.316 e. The molecule has 0 atom stereocenters. The van der Waals surface area contributed by atoms with Crippen LogP contribution in [0.5, 0.6) is 0 Å². The van der Waals surface area contributed by atoms with Crippen molar-refractivity contribution in [3.8, 4) is 11.1 Å². The number of hydrogen-bond donors (Lipinski definition) is 1. The Balaban J connectivity index is 2.42. The van der Waals surface area contributed by atoms with Gasteiger partial charge in [0.2, 0.25) is 0 Å². The van der Waals surface area contributed by atoms with Gasteiger partial charge in [-0.05, 0) is 42.4 Å². The molecule has 0 radical (unpaired) electrons. The van der Waals surface area contributed by atoms with E-state index in [9.17, 15) is 4.39 Å². The zero-order valence-electron chi connectivity index (χ0n) is 9.50. The Bertz CT molecular complexity index is 508. The van der Waals surface area contributed by atoms with Gasteiger partial charge in [-0.2, -0.15) is 0 Å². The maximum atomic E-state index is 13.7. The van der Waals surface area contributed by atoms with Crippen LogP contribution in [-0.2, 0) is 6.54 Å². The van der Waals surface area contributed by atoms with Crippen LogP contribution in [0, 0.1) is 5.82 Å². The summed E-state index contributed by atoms with van der Waals surface area (Å²) in [5.41, 5.74) is 2.50. The first kappa shape index (κ1) is 12.1. The summed E-state index contributed by atoms with van der Waals surface area (Å²) in [5, 5.41) is 3.70. The van der Waals surface area contributed by atoms with E-state index in [4.69, 9.17) is 11.6 Å². The molecule has 0 aliphatic rings. The average Bonchev–Trinajstić information content (AvgIpc) is 2.33.